The molecule has 3 aromatic rings. The van der Waals surface area contributed by atoms with E-state index in [1.165, 1.54) is 6.21 Å². The third kappa shape index (κ3) is 7.27. The highest BCUT2D eigenvalue weighted by atomic mass is 35.5. The molecular formula is C23H18Cl3N3O3. The van der Waals surface area contributed by atoms with E-state index in [4.69, 9.17) is 39.5 Å². The van der Waals surface area contributed by atoms with Gasteiger partial charge in [0.1, 0.15) is 18.8 Å². The smallest absolute Gasteiger partial charge is 0.249 e. The van der Waals surface area contributed by atoms with Gasteiger partial charge < -0.3 is 10.1 Å². The number of rotatable bonds is 8. The van der Waals surface area contributed by atoms with Gasteiger partial charge in [0.25, 0.3) is 0 Å². The minimum absolute atomic E-state index is 0.277. The number of para-hydroxylation sites is 1. The summed E-state index contributed by atoms with van der Waals surface area (Å²) in [6.45, 7) is 0.277. The van der Waals surface area contributed by atoms with Crippen LogP contribution in [0, 0.1) is 0 Å². The lowest BCUT2D eigenvalue weighted by Crippen LogP contribution is -2.24. The Morgan fingerprint density at radius 3 is 2.41 bits per heavy atom. The van der Waals surface area contributed by atoms with Crippen LogP contribution in [0.25, 0.3) is 0 Å². The number of hydrogen-bond donors (Lipinski definition) is 2. The minimum Gasteiger partial charge on any atom is -0.488 e. The highest BCUT2D eigenvalue weighted by Crippen LogP contribution is 2.24. The molecule has 9 heteroatoms. The number of hydrogen-bond acceptors (Lipinski definition) is 4. The second kappa shape index (κ2) is 11.5. The summed E-state index contributed by atoms with van der Waals surface area (Å²) < 4.78 is 5.84. The van der Waals surface area contributed by atoms with Crippen LogP contribution in [0.2, 0.25) is 15.1 Å². The molecule has 0 saturated heterocycles. The zero-order valence-corrected chi connectivity index (χ0v) is 18.9. The number of ether oxygens (including phenoxy) is 1. The van der Waals surface area contributed by atoms with Crippen molar-refractivity contribution in [3.63, 3.8) is 0 Å². The lowest BCUT2D eigenvalue weighted by molar-refractivity contribution is -0.126. The second-order valence-electron chi connectivity index (χ2n) is 6.60. The van der Waals surface area contributed by atoms with E-state index in [2.05, 4.69) is 15.8 Å². The first-order valence-electron chi connectivity index (χ1n) is 9.44. The molecule has 0 heterocycles. The summed E-state index contributed by atoms with van der Waals surface area (Å²) in [6.07, 6.45) is 1.06. The second-order valence-corrected chi connectivity index (χ2v) is 7.85. The van der Waals surface area contributed by atoms with Gasteiger partial charge in [0.05, 0.1) is 16.3 Å². The van der Waals surface area contributed by atoms with Crippen molar-refractivity contribution in [2.75, 3.05) is 5.32 Å². The number of carbonyl (C=O) groups excluding carboxylic acids is 2. The Kier molecular flexibility index (Phi) is 8.50. The van der Waals surface area contributed by atoms with Crippen LogP contribution >= 0.6 is 34.8 Å². The van der Waals surface area contributed by atoms with E-state index in [1.54, 1.807) is 48.5 Å². The molecule has 0 saturated carbocycles. The Hall–Kier alpha value is -3.06. The van der Waals surface area contributed by atoms with E-state index < -0.39 is 11.8 Å². The van der Waals surface area contributed by atoms with Crippen LogP contribution in [0.5, 0.6) is 5.75 Å². The van der Waals surface area contributed by atoms with Crippen molar-refractivity contribution in [1.29, 1.82) is 0 Å². The largest absolute Gasteiger partial charge is 0.488 e. The average molecular weight is 491 g/mol. The Balaban J connectivity index is 1.52. The maximum Gasteiger partial charge on any atom is 0.249 e. The summed E-state index contributed by atoms with van der Waals surface area (Å²) >= 11 is 17.8. The van der Waals surface area contributed by atoms with E-state index >= 15 is 0 Å². The van der Waals surface area contributed by atoms with Crippen LogP contribution in [0.3, 0.4) is 0 Å². The van der Waals surface area contributed by atoms with Crippen LogP contribution in [-0.2, 0) is 16.2 Å². The number of anilines is 1. The van der Waals surface area contributed by atoms with Crippen molar-refractivity contribution >= 4 is 58.5 Å². The predicted octanol–water partition coefficient (Wildman–Crippen LogP) is 5.70. The summed E-state index contributed by atoms with van der Waals surface area (Å²) in [6, 6.07) is 19.0. The van der Waals surface area contributed by atoms with Crippen LogP contribution < -0.4 is 15.5 Å². The van der Waals surface area contributed by atoms with E-state index in [0.29, 0.717) is 32.1 Å². The monoisotopic (exact) mass is 489 g/mol. The zero-order chi connectivity index (χ0) is 22.9. The fraction of sp³-hybridized carbons (Fsp3) is 0.0870. The Labute approximate surface area is 200 Å². The third-order valence-electron chi connectivity index (χ3n) is 4.14. The molecule has 0 fully saturated rings. The highest BCUT2D eigenvalue weighted by Gasteiger charge is 2.09. The molecule has 2 N–H and O–H groups in total. The van der Waals surface area contributed by atoms with Gasteiger partial charge in [-0.3, -0.25) is 9.59 Å². The number of hydrazone groups is 1. The molecule has 0 bridgehead atoms. The molecule has 3 rings (SSSR count). The number of benzene rings is 3. The van der Waals surface area contributed by atoms with E-state index in [-0.39, 0.29) is 13.0 Å². The molecular weight excluding hydrogens is 473 g/mol. The van der Waals surface area contributed by atoms with E-state index in [0.717, 1.165) is 5.56 Å². The summed E-state index contributed by atoms with van der Waals surface area (Å²) in [5, 5.41) is 8.00. The van der Waals surface area contributed by atoms with Gasteiger partial charge in [-0.2, -0.15) is 5.10 Å². The molecule has 3 aromatic carbocycles. The van der Waals surface area contributed by atoms with Crippen molar-refractivity contribution in [3.8, 4) is 5.75 Å². The Morgan fingerprint density at radius 1 is 0.906 bits per heavy atom. The van der Waals surface area contributed by atoms with E-state index in [1.807, 2.05) is 18.2 Å². The van der Waals surface area contributed by atoms with Crippen molar-refractivity contribution in [2.24, 2.45) is 5.10 Å². The molecule has 164 valence electrons. The molecule has 0 aliphatic carbocycles. The molecule has 0 radical (unpaired) electrons. The Bertz CT molecular complexity index is 1130. The van der Waals surface area contributed by atoms with Crippen molar-refractivity contribution in [3.05, 3.63) is 92.9 Å². The van der Waals surface area contributed by atoms with Crippen LogP contribution in [0.1, 0.15) is 17.5 Å². The molecule has 32 heavy (non-hydrogen) atoms. The topological polar surface area (TPSA) is 79.8 Å². The molecule has 0 unspecified atom stereocenters. The average Bonchev–Trinajstić information content (AvgIpc) is 2.77. The standard InChI is InChI=1S/C23H18Cl3N3O3/c24-17-6-8-18(9-7-17)28-22(30)12-23(31)29-27-13-16-3-1-2-4-21(16)32-14-15-5-10-19(25)20(26)11-15/h1-11,13H,12,14H2,(H,28,30)(H,29,31). The number of nitrogens with zero attached hydrogens (tertiary/aromatic N) is 1. The first kappa shape index (κ1) is 23.6. The molecule has 6 nitrogen and oxygen atoms in total. The van der Waals surface area contributed by atoms with Gasteiger partial charge in [0.2, 0.25) is 11.8 Å². The summed E-state index contributed by atoms with van der Waals surface area (Å²) in [5.41, 5.74) is 4.38. The van der Waals surface area contributed by atoms with Gasteiger partial charge >= 0.3 is 0 Å². The van der Waals surface area contributed by atoms with Crippen molar-refractivity contribution in [1.82, 2.24) is 5.43 Å². The summed E-state index contributed by atoms with van der Waals surface area (Å²) in [4.78, 5) is 23.9. The summed E-state index contributed by atoms with van der Waals surface area (Å²) in [5.74, 6) is -0.454. The zero-order valence-electron chi connectivity index (χ0n) is 16.6. The predicted molar refractivity (Wildman–Crippen MR) is 128 cm³/mol. The number of amides is 2. The van der Waals surface area contributed by atoms with Crippen LogP contribution in [-0.4, -0.2) is 18.0 Å². The minimum atomic E-state index is -0.554. The van der Waals surface area contributed by atoms with Gasteiger partial charge in [-0.15, -0.1) is 0 Å². The fourth-order valence-electron chi connectivity index (χ4n) is 2.61. The number of halogens is 3. The molecule has 0 aliphatic heterocycles. The van der Waals surface area contributed by atoms with Gasteiger partial charge in [0, 0.05) is 16.3 Å². The molecule has 0 spiro atoms. The molecule has 0 aliphatic rings. The van der Waals surface area contributed by atoms with Crippen molar-refractivity contribution < 1.29 is 14.3 Å². The quantitative estimate of drug-likeness (QED) is 0.241. The van der Waals surface area contributed by atoms with Gasteiger partial charge in [-0.25, -0.2) is 5.43 Å². The lowest BCUT2D eigenvalue weighted by atomic mass is 10.2. The molecule has 0 aromatic heterocycles. The fourth-order valence-corrected chi connectivity index (χ4v) is 3.05. The van der Waals surface area contributed by atoms with Gasteiger partial charge in [-0.1, -0.05) is 53.0 Å². The van der Waals surface area contributed by atoms with Gasteiger partial charge in [0.15, 0.2) is 0 Å². The summed E-state index contributed by atoms with van der Waals surface area (Å²) in [7, 11) is 0. The first-order valence-corrected chi connectivity index (χ1v) is 10.6. The molecule has 0 atom stereocenters. The van der Waals surface area contributed by atoms with E-state index in [9.17, 15) is 9.59 Å². The maximum absolute atomic E-state index is 12.0. The van der Waals surface area contributed by atoms with Gasteiger partial charge in [-0.05, 0) is 54.1 Å². The Morgan fingerprint density at radius 2 is 1.66 bits per heavy atom. The third-order valence-corrected chi connectivity index (χ3v) is 5.13. The van der Waals surface area contributed by atoms with Crippen LogP contribution in [0.15, 0.2) is 71.8 Å². The maximum atomic E-state index is 12.0. The normalized spacial score (nSPS) is 10.7. The number of nitrogens with one attached hydrogen (secondary N) is 2. The first-order chi connectivity index (χ1) is 15.4. The SMILES string of the molecule is O=C(CC(=O)Nc1ccc(Cl)cc1)NN=Cc1ccccc1OCc1ccc(Cl)c(Cl)c1. The lowest BCUT2D eigenvalue weighted by Gasteiger charge is -2.09. The molecule has 2 amide bonds. The van der Waals surface area contributed by atoms with Crippen LogP contribution in [0.4, 0.5) is 5.69 Å². The van der Waals surface area contributed by atoms with Crippen molar-refractivity contribution in [2.45, 2.75) is 13.0 Å². The number of carbonyl (C=O) groups is 2. The highest BCUT2D eigenvalue weighted by molar-refractivity contribution is 6.42.